The number of carbonyl (C=O) groups excluding carboxylic acids is 1. The molecular formula is C14H11Cl2NO2. The lowest BCUT2D eigenvalue weighted by molar-refractivity contribution is 0.102. The molecular weight excluding hydrogens is 285 g/mol. The predicted molar refractivity (Wildman–Crippen MR) is 76.8 cm³/mol. The van der Waals surface area contributed by atoms with Gasteiger partial charge in [0, 0.05) is 16.3 Å². The molecule has 2 aromatic carbocycles. The van der Waals surface area contributed by atoms with Gasteiger partial charge in [0.1, 0.15) is 0 Å². The topological polar surface area (TPSA) is 49.3 Å². The zero-order valence-electron chi connectivity index (χ0n) is 9.86. The Morgan fingerprint density at radius 1 is 1.16 bits per heavy atom. The molecule has 0 saturated carbocycles. The van der Waals surface area contributed by atoms with Crippen molar-refractivity contribution < 1.29 is 9.90 Å². The van der Waals surface area contributed by atoms with Gasteiger partial charge in [-0.3, -0.25) is 4.79 Å². The molecule has 1 amide bonds. The van der Waals surface area contributed by atoms with Crippen molar-refractivity contribution in [2.75, 3.05) is 5.32 Å². The van der Waals surface area contributed by atoms with Gasteiger partial charge in [0.2, 0.25) is 0 Å². The van der Waals surface area contributed by atoms with Crippen molar-refractivity contribution in [3.05, 3.63) is 63.6 Å². The van der Waals surface area contributed by atoms with Crippen LogP contribution in [0.2, 0.25) is 10.0 Å². The molecule has 0 aliphatic heterocycles. The summed E-state index contributed by atoms with van der Waals surface area (Å²) in [5.41, 5.74) is 1.53. The van der Waals surface area contributed by atoms with E-state index in [1.807, 2.05) is 0 Å². The largest absolute Gasteiger partial charge is 0.392 e. The summed E-state index contributed by atoms with van der Waals surface area (Å²) in [5.74, 6) is -0.345. The van der Waals surface area contributed by atoms with Crippen LogP contribution in [0.5, 0.6) is 0 Å². The van der Waals surface area contributed by atoms with Crippen LogP contribution in [0.1, 0.15) is 15.9 Å². The van der Waals surface area contributed by atoms with E-state index in [1.54, 1.807) is 36.4 Å². The summed E-state index contributed by atoms with van der Waals surface area (Å²) in [6.45, 7) is -0.148. The zero-order valence-corrected chi connectivity index (χ0v) is 11.4. The fraction of sp³-hybridized carbons (Fsp3) is 0.0714. The first-order valence-electron chi connectivity index (χ1n) is 5.57. The molecule has 0 atom stereocenters. The number of hydrogen-bond donors (Lipinski definition) is 2. The van der Waals surface area contributed by atoms with E-state index in [4.69, 9.17) is 23.2 Å². The smallest absolute Gasteiger partial charge is 0.257 e. The quantitative estimate of drug-likeness (QED) is 0.906. The number of aliphatic hydroxyl groups excluding tert-OH is 1. The number of rotatable bonds is 3. The van der Waals surface area contributed by atoms with Crippen LogP contribution in [0.25, 0.3) is 0 Å². The maximum absolute atomic E-state index is 12.1. The molecule has 0 aromatic heterocycles. The van der Waals surface area contributed by atoms with Gasteiger partial charge in [-0.1, -0.05) is 41.4 Å². The van der Waals surface area contributed by atoms with Crippen molar-refractivity contribution >= 4 is 34.8 Å². The van der Waals surface area contributed by atoms with Crippen molar-refractivity contribution in [2.24, 2.45) is 0 Å². The van der Waals surface area contributed by atoms with Crippen LogP contribution in [0.15, 0.2) is 42.5 Å². The number of anilines is 1. The van der Waals surface area contributed by atoms with Crippen LogP contribution < -0.4 is 5.32 Å². The van der Waals surface area contributed by atoms with Crippen LogP contribution in [0.3, 0.4) is 0 Å². The Hall–Kier alpha value is -1.55. The highest BCUT2D eigenvalue weighted by Gasteiger charge is 2.12. The number of nitrogens with one attached hydrogen (secondary N) is 1. The molecule has 2 aromatic rings. The Balaban J connectivity index is 2.26. The van der Waals surface area contributed by atoms with E-state index in [9.17, 15) is 9.90 Å². The summed E-state index contributed by atoms with van der Waals surface area (Å²) in [4.78, 5) is 12.1. The highest BCUT2D eigenvalue weighted by molar-refractivity contribution is 6.37. The second-order valence-electron chi connectivity index (χ2n) is 3.89. The van der Waals surface area contributed by atoms with Crippen LogP contribution >= 0.6 is 23.2 Å². The van der Waals surface area contributed by atoms with Gasteiger partial charge in [-0.15, -0.1) is 0 Å². The number of amides is 1. The number of carbonyl (C=O) groups is 1. The average Bonchev–Trinajstić information content (AvgIpc) is 2.39. The first-order valence-corrected chi connectivity index (χ1v) is 6.32. The van der Waals surface area contributed by atoms with Crippen LogP contribution in [-0.4, -0.2) is 11.0 Å². The number of para-hydroxylation sites is 1. The van der Waals surface area contributed by atoms with Gasteiger partial charge < -0.3 is 10.4 Å². The van der Waals surface area contributed by atoms with Gasteiger partial charge in [0.25, 0.3) is 5.91 Å². The minimum atomic E-state index is -0.345. The predicted octanol–water partition coefficient (Wildman–Crippen LogP) is 3.74. The molecule has 2 N–H and O–H groups in total. The van der Waals surface area contributed by atoms with E-state index >= 15 is 0 Å². The Kier molecular flexibility index (Phi) is 4.43. The van der Waals surface area contributed by atoms with E-state index in [-0.39, 0.29) is 17.5 Å². The molecule has 0 bridgehead atoms. The molecule has 98 valence electrons. The zero-order chi connectivity index (χ0) is 13.8. The summed E-state index contributed by atoms with van der Waals surface area (Å²) in [5, 5.41) is 12.7. The van der Waals surface area contributed by atoms with E-state index in [1.165, 1.54) is 6.07 Å². The number of hydrogen-bond acceptors (Lipinski definition) is 2. The second kappa shape index (κ2) is 6.06. The molecule has 0 aliphatic rings. The highest BCUT2D eigenvalue weighted by Crippen LogP contribution is 2.23. The Bertz CT molecular complexity index is 614. The molecule has 0 unspecified atom stereocenters. The molecule has 2 rings (SSSR count). The van der Waals surface area contributed by atoms with Gasteiger partial charge in [0.15, 0.2) is 0 Å². The standard InChI is InChI=1S/C14H11Cl2NO2/c15-10-5-6-11(12(16)7-10)14(19)17-13-4-2-1-3-9(13)8-18/h1-7,18H,8H2,(H,17,19). The van der Waals surface area contributed by atoms with E-state index in [2.05, 4.69) is 5.32 Å². The van der Waals surface area contributed by atoms with Gasteiger partial charge >= 0.3 is 0 Å². The monoisotopic (exact) mass is 295 g/mol. The lowest BCUT2D eigenvalue weighted by atomic mass is 10.1. The lowest BCUT2D eigenvalue weighted by Crippen LogP contribution is -2.13. The number of benzene rings is 2. The van der Waals surface area contributed by atoms with Gasteiger partial charge in [-0.25, -0.2) is 0 Å². The molecule has 0 radical (unpaired) electrons. The molecule has 0 spiro atoms. The Morgan fingerprint density at radius 3 is 2.58 bits per heavy atom. The van der Waals surface area contributed by atoms with E-state index < -0.39 is 0 Å². The average molecular weight is 296 g/mol. The lowest BCUT2D eigenvalue weighted by Gasteiger charge is -2.10. The van der Waals surface area contributed by atoms with Gasteiger partial charge in [-0.05, 0) is 24.3 Å². The maximum Gasteiger partial charge on any atom is 0.257 e. The number of aliphatic hydroxyl groups is 1. The summed E-state index contributed by atoms with van der Waals surface area (Å²) in [7, 11) is 0. The third-order valence-electron chi connectivity index (χ3n) is 2.61. The Morgan fingerprint density at radius 2 is 1.89 bits per heavy atom. The fourth-order valence-electron chi connectivity index (χ4n) is 1.64. The highest BCUT2D eigenvalue weighted by atomic mass is 35.5. The first kappa shape index (κ1) is 13.9. The van der Waals surface area contributed by atoms with Crippen molar-refractivity contribution in [1.29, 1.82) is 0 Å². The summed E-state index contributed by atoms with van der Waals surface area (Å²) in [6.07, 6.45) is 0. The van der Waals surface area contributed by atoms with Crippen molar-refractivity contribution in [3.8, 4) is 0 Å². The SMILES string of the molecule is O=C(Nc1ccccc1CO)c1ccc(Cl)cc1Cl. The van der Waals surface area contributed by atoms with Crippen LogP contribution in [-0.2, 0) is 6.61 Å². The van der Waals surface area contributed by atoms with Crippen LogP contribution in [0, 0.1) is 0 Å². The molecule has 5 heteroatoms. The van der Waals surface area contributed by atoms with Gasteiger partial charge in [0.05, 0.1) is 17.2 Å². The molecule has 0 saturated heterocycles. The fourth-order valence-corrected chi connectivity index (χ4v) is 2.14. The van der Waals surface area contributed by atoms with Crippen molar-refractivity contribution in [1.82, 2.24) is 0 Å². The molecule has 0 heterocycles. The molecule has 19 heavy (non-hydrogen) atoms. The minimum absolute atomic E-state index is 0.148. The summed E-state index contributed by atoms with van der Waals surface area (Å²) >= 11 is 11.7. The summed E-state index contributed by atoms with van der Waals surface area (Å²) < 4.78 is 0. The van der Waals surface area contributed by atoms with Gasteiger partial charge in [-0.2, -0.15) is 0 Å². The normalized spacial score (nSPS) is 10.3. The summed E-state index contributed by atoms with van der Waals surface area (Å²) in [6, 6.07) is 11.7. The Labute approximate surface area is 120 Å². The maximum atomic E-state index is 12.1. The van der Waals surface area contributed by atoms with Crippen molar-refractivity contribution in [3.63, 3.8) is 0 Å². The number of halogens is 2. The van der Waals surface area contributed by atoms with Crippen molar-refractivity contribution in [2.45, 2.75) is 6.61 Å². The van der Waals surface area contributed by atoms with E-state index in [0.29, 0.717) is 21.8 Å². The second-order valence-corrected chi connectivity index (χ2v) is 4.74. The molecule has 3 nitrogen and oxygen atoms in total. The third-order valence-corrected chi connectivity index (χ3v) is 3.16. The van der Waals surface area contributed by atoms with Crippen LogP contribution in [0.4, 0.5) is 5.69 Å². The molecule has 0 aliphatic carbocycles. The first-order chi connectivity index (χ1) is 9.11. The van der Waals surface area contributed by atoms with E-state index in [0.717, 1.165) is 0 Å². The third kappa shape index (κ3) is 3.26. The minimum Gasteiger partial charge on any atom is -0.392 e. The molecule has 0 fully saturated rings.